The number of hydrogen-bond acceptors (Lipinski definition) is 2. The summed E-state index contributed by atoms with van der Waals surface area (Å²) in [6.45, 7) is 3.84. The average molecular weight is 237 g/mol. The fourth-order valence-corrected chi connectivity index (χ4v) is 1.97. The van der Waals surface area contributed by atoms with E-state index in [1.807, 2.05) is 60.7 Å². The van der Waals surface area contributed by atoms with E-state index in [1.165, 1.54) is 0 Å². The molecule has 0 bridgehead atoms. The first-order chi connectivity index (χ1) is 8.86. The van der Waals surface area contributed by atoms with E-state index in [9.17, 15) is 5.21 Å². The van der Waals surface area contributed by atoms with Crippen molar-refractivity contribution in [3.05, 3.63) is 84.4 Å². The molecule has 0 aliphatic carbocycles. The monoisotopic (exact) mass is 237 g/mol. The quantitative estimate of drug-likeness (QED) is 0.372. The van der Waals surface area contributed by atoms with Crippen molar-refractivity contribution in [2.45, 2.75) is 5.92 Å². The molecule has 0 spiro atoms. The Bertz CT molecular complexity index is 532. The minimum Gasteiger partial charge on any atom is -0.411 e. The van der Waals surface area contributed by atoms with Crippen LogP contribution in [0.4, 0.5) is 0 Å². The van der Waals surface area contributed by atoms with Crippen molar-refractivity contribution in [2.75, 3.05) is 0 Å². The summed E-state index contributed by atoms with van der Waals surface area (Å²) in [5.41, 5.74) is 2.56. The van der Waals surface area contributed by atoms with E-state index in [0.717, 1.165) is 11.1 Å². The van der Waals surface area contributed by atoms with Gasteiger partial charge in [-0.3, -0.25) is 0 Å². The first-order valence-corrected chi connectivity index (χ1v) is 5.81. The Morgan fingerprint density at radius 3 is 2.06 bits per heavy atom. The summed E-state index contributed by atoms with van der Waals surface area (Å²) < 4.78 is 0. The van der Waals surface area contributed by atoms with Crippen molar-refractivity contribution in [1.29, 1.82) is 0 Å². The maximum absolute atomic E-state index is 9.28. The second-order valence-corrected chi connectivity index (χ2v) is 3.98. The van der Waals surface area contributed by atoms with Crippen LogP contribution in [0.15, 0.2) is 78.5 Å². The van der Waals surface area contributed by atoms with Crippen molar-refractivity contribution in [2.24, 2.45) is 5.16 Å². The number of oxime groups is 1. The molecule has 0 aliphatic heterocycles. The zero-order valence-electron chi connectivity index (χ0n) is 10.0. The van der Waals surface area contributed by atoms with Crippen LogP contribution >= 0.6 is 0 Å². The summed E-state index contributed by atoms with van der Waals surface area (Å²) in [5.74, 6) is -0.112. The van der Waals surface area contributed by atoms with Crippen LogP contribution in [0.25, 0.3) is 0 Å². The highest BCUT2D eigenvalue weighted by Gasteiger charge is 2.16. The van der Waals surface area contributed by atoms with Gasteiger partial charge in [0.1, 0.15) is 0 Å². The molecule has 2 aromatic rings. The molecule has 0 radical (unpaired) electrons. The van der Waals surface area contributed by atoms with E-state index in [1.54, 1.807) is 6.08 Å². The van der Waals surface area contributed by atoms with Gasteiger partial charge in [0.05, 0.1) is 5.71 Å². The van der Waals surface area contributed by atoms with Gasteiger partial charge < -0.3 is 5.21 Å². The van der Waals surface area contributed by atoms with Crippen molar-refractivity contribution in [3.8, 4) is 0 Å². The smallest absolute Gasteiger partial charge is 0.0980 e. The summed E-state index contributed by atoms with van der Waals surface area (Å²) in [7, 11) is 0. The number of nitrogens with zero attached hydrogens (tertiary/aromatic N) is 1. The molecule has 1 N–H and O–H groups in total. The lowest BCUT2D eigenvalue weighted by atomic mass is 9.90. The molecule has 18 heavy (non-hydrogen) atoms. The third-order valence-corrected chi connectivity index (χ3v) is 2.87. The zero-order chi connectivity index (χ0) is 12.8. The molecule has 2 aromatic carbocycles. The number of rotatable bonds is 4. The fourth-order valence-electron chi connectivity index (χ4n) is 1.97. The van der Waals surface area contributed by atoms with Gasteiger partial charge >= 0.3 is 0 Å². The zero-order valence-corrected chi connectivity index (χ0v) is 10.0. The van der Waals surface area contributed by atoms with E-state index in [-0.39, 0.29) is 5.92 Å². The summed E-state index contributed by atoms with van der Waals surface area (Å²) in [6, 6.07) is 19.5. The molecule has 1 atom stereocenters. The molecule has 0 saturated heterocycles. The molecule has 0 aliphatic rings. The van der Waals surface area contributed by atoms with Gasteiger partial charge in [0, 0.05) is 11.5 Å². The first kappa shape index (κ1) is 12.1. The Balaban J connectivity index is 2.41. The highest BCUT2D eigenvalue weighted by molar-refractivity contribution is 6.05. The van der Waals surface area contributed by atoms with Gasteiger partial charge in [0.2, 0.25) is 0 Å². The van der Waals surface area contributed by atoms with Crippen LogP contribution in [0.3, 0.4) is 0 Å². The standard InChI is InChI=1S/C16H15NO/c1-2-15(13-9-5-3-6-10-13)16(17-18)14-11-7-4-8-12-14/h2-12,15,18H,1H2/b17-16-. The highest BCUT2D eigenvalue weighted by atomic mass is 16.4. The van der Waals surface area contributed by atoms with Crippen LogP contribution in [0.5, 0.6) is 0 Å². The lowest BCUT2D eigenvalue weighted by molar-refractivity contribution is 0.318. The topological polar surface area (TPSA) is 32.6 Å². The van der Waals surface area contributed by atoms with Gasteiger partial charge in [-0.2, -0.15) is 0 Å². The Kier molecular flexibility index (Phi) is 3.92. The lowest BCUT2D eigenvalue weighted by Gasteiger charge is -2.14. The van der Waals surface area contributed by atoms with Crippen molar-refractivity contribution in [3.63, 3.8) is 0 Å². The normalized spacial score (nSPS) is 13.0. The van der Waals surface area contributed by atoms with Crippen molar-refractivity contribution >= 4 is 5.71 Å². The maximum atomic E-state index is 9.28. The predicted molar refractivity (Wildman–Crippen MR) is 74.1 cm³/mol. The Hall–Kier alpha value is -2.35. The fraction of sp³-hybridized carbons (Fsp3) is 0.0625. The molecule has 2 rings (SSSR count). The van der Waals surface area contributed by atoms with Gasteiger partial charge in [-0.15, -0.1) is 6.58 Å². The van der Waals surface area contributed by atoms with Crippen LogP contribution in [0, 0.1) is 0 Å². The summed E-state index contributed by atoms with van der Waals surface area (Å²) in [5, 5.41) is 12.7. The predicted octanol–water partition coefficient (Wildman–Crippen LogP) is 3.83. The Morgan fingerprint density at radius 2 is 1.56 bits per heavy atom. The van der Waals surface area contributed by atoms with Gasteiger partial charge in [0.15, 0.2) is 0 Å². The van der Waals surface area contributed by atoms with Crippen LogP contribution in [-0.4, -0.2) is 10.9 Å². The molecule has 2 nitrogen and oxygen atoms in total. The van der Waals surface area contributed by atoms with E-state index < -0.39 is 0 Å². The molecule has 0 fully saturated rings. The van der Waals surface area contributed by atoms with Gasteiger partial charge in [-0.25, -0.2) is 0 Å². The molecule has 90 valence electrons. The average Bonchev–Trinajstić information content (AvgIpc) is 2.46. The lowest BCUT2D eigenvalue weighted by Crippen LogP contribution is -2.12. The largest absolute Gasteiger partial charge is 0.411 e. The second kappa shape index (κ2) is 5.82. The summed E-state index contributed by atoms with van der Waals surface area (Å²) in [6.07, 6.45) is 1.79. The highest BCUT2D eigenvalue weighted by Crippen LogP contribution is 2.22. The maximum Gasteiger partial charge on any atom is 0.0980 e. The van der Waals surface area contributed by atoms with E-state index in [0.29, 0.717) is 5.71 Å². The molecular weight excluding hydrogens is 222 g/mol. The third kappa shape index (κ3) is 2.48. The van der Waals surface area contributed by atoms with Crippen LogP contribution in [0.2, 0.25) is 0 Å². The SMILES string of the molecule is C=CC(/C(=N\O)c1ccccc1)c1ccccc1. The molecule has 0 heterocycles. The van der Waals surface area contributed by atoms with Gasteiger partial charge in [-0.1, -0.05) is 71.9 Å². The first-order valence-electron chi connectivity index (χ1n) is 5.81. The molecular formula is C16H15NO. The Morgan fingerprint density at radius 1 is 1.00 bits per heavy atom. The van der Waals surface area contributed by atoms with Gasteiger partial charge in [0.25, 0.3) is 0 Å². The molecule has 1 unspecified atom stereocenters. The number of hydrogen-bond donors (Lipinski definition) is 1. The van der Waals surface area contributed by atoms with Crippen LogP contribution < -0.4 is 0 Å². The summed E-state index contributed by atoms with van der Waals surface area (Å²) in [4.78, 5) is 0. The van der Waals surface area contributed by atoms with Crippen LogP contribution in [-0.2, 0) is 0 Å². The van der Waals surface area contributed by atoms with E-state index in [4.69, 9.17) is 0 Å². The Labute approximate surface area is 107 Å². The number of benzene rings is 2. The van der Waals surface area contributed by atoms with Crippen molar-refractivity contribution in [1.82, 2.24) is 0 Å². The van der Waals surface area contributed by atoms with Crippen LogP contribution in [0.1, 0.15) is 17.0 Å². The minimum atomic E-state index is -0.112. The minimum absolute atomic E-state index is 0.112. The number of allylic oxidation sites excluding steroid dienone is 1. The van der Waals surface area contributed by atoms with Crippen molar-refractivity contribution < 1.29 is 5.21 Å². The summed E-state index contributed by atoms with van der Waals surface area (Å²) >= 11 is 0. The molecule has 2 heteroatoms. The molecule has 0 aromatic heterocycles. The third-order valence-electron chi connectivity index (χ3n) is 2.87. The van der Waals surface area contributed by atoms with E-state index >= 15 is 0 Å². The van der Waals surface area contributed by atoms with Gasteiger partial charge in [-0.05, 0) is 5.56 Å². The van der Waals surface area contributed by atoms with E-state index in [2.05, 4.69) is 11.7 Å². The molecule has 0 saturated carbocycles. The molecule has 0 amide bonds. The second-order valence-electron chi connectivity index (χ2n) is 3.98.